The van der Waals surface area contributed by atoms with Crippen molar-refractivity contribution in [2.24, 2.45) is 11.3 Å². The van der Waals surface area contributed by atoms with Gasteiger partial charge in [0.05, 0.1) is 6.61 Å². The van der Waals surface area contributed by atoms with Gasteiger partial charge in [-0.15, -0.1) is 0 Å². The molecule has 0 N–H and O–H groups in total. The summed E-state index contributed by atoms with van der Waals surface area (Å²) in [4.78, 5) is 34.6. The van der Waals surface area contributed by atoms with Gasteiger partial charge >= 0.3 is 35.5 Å². The van der Waals surface area contributed by atoms with Crippen molar-refractivity contribution >= 4 is 47.1 Å². The fraction of sp³-hybridized carbons (Fsp3) is 0.727. The molecule has 1 rings (SSSR count). The van der Waals surface area contributed by atoms with Crippen LogP contribution in [-0.4, -0.2) is 53.7 Å². The van der Waals surface area contributed by atoms with Crippen molar-refractivity contribution in [3.8, 4) is 0 Å². The first-order valence-corrected chi connectivity index (χ1v) is 5.09. The zero-order valence-corrected chi connectivity index (χ0v) is 9.33. The topological polar surface area (TPSA) is 60.4 Å². The minimum absolute atomic E-state index is 0. The zero-order chi connectivity index (χ0) is 11.6. The number of carbonyl (C=O) groups excluding carboxylic acids is 3. The van der Waals surface area contributed by atoms with Crippen LogP contribution < -0.4 is 0 Å². The first-order chi connectivity index (χ1) is 6.87. The van der Waals surface area contributed by atoms with Gasteiger partial charge in [0.1, 0.15) is 0 Å². The Bertz CT molecular complexity index is 289. The molecular formula is C11H17NaO4. The monoisotopic (exact) mass is 236 g/mol. The molecule has 0 aromatic heterocycles. The Morgan fingerprint density at radius 2 is 1.75 bits per heavy atom. The first kappa shape index (κ1) is 15.8. The van der Waals surface area contributed by atoms with Crippen LogP contribution in [0.4, 0.5) is 0 Å². The number of esters is 1. The predicted molar refractivity (Wildman–Crippen MR) is 60.3 cm³/mol. The molecule has 0 aromatic rings. The van der Waals surface area contributed by atoms with Crippen molar-refractivity contribution in [3.63, 3.8) is 0 Å². The molecule has 1 fully saturated rings. The minimum atomic E-state index is -1.17. The first-order valence-electron chi connectivity index (χ1n) is 5.09. The Hall–Kier alpha value is -0.190. The van der Waals surface area contributed by atoms with Crippen molar-refractivity contribution in [1.82, 2.24) is 0 Å². The molecule has 0 aromatic carbocycles. The van der Waals surface area contributed by atoms with Gasteiger partial charge in [-0.25, -0.2) is 0 Å². The van der Waals surface area contributed by atoms with Crippen LogP contribution in [0.15, 0.2) is 0 Å². The molecule has 1 aliphatic carbocycles. The molecule has 5 heteroatoms. The number of carbonyl (C=O) groups is 3. The predicted octanol–water partition coefficient (Wildman–Crippen LogP) is 0.475. The molecule has 86 valence electrons. The van der Waals surface area contributed by atoms with Crippen LogP contribution in [0.1, 0.15) is 33.6 Å². The van der Waals surface area contributed by atoms with Crippen LogP contribution in [0.3, 0.4) is 0 Å². The molecule has 0 atom stereocenters. The van der Waals surface area contributed by atoms with Gasteiger partial charge in [0.2, 0.25) is 0 Å². The van der Waals surface area contributed by atoms with E-state index in [-0.39, 0.29) is 66.0 Å². The van der Waals surface area contributed by atoms with Crippen LogP contribution in [0.5, 0.6) is 0 Å². The van der Waals surface area contributed by atoms with Crippen LogP contribution in [-0.2, 0) is 19.1 Å². The van der Waals surface area contributed by atoms with E-state index < -0.39 is 11.9 Å². The molecule has 0 radical (unpaired) electrons. The molecule has 0 aliphatic heterocycles. The van der Waals surface area contributed by atoms with Crippen LogP contribution in [0, 0.1) is 11.3 Å². The second-order valence-corrected chi connectivity index (χ2v) is 4.64. The summed E-state index contributed by atoms with van der Waals surface area (Å²) in [5.41, 5.74) is -0.322. The number of ketones is 2. The molecule has 0 bridgehead atoms. The Morgan fingerprint density at radius 1 is 1.31 bits per heavy atom. The van der Waals surface area contributed by atoms with Gasteiger partial charge in [-0.05, 0) is 12.3 Å². The van der Waals surface area contributed by atoms with E-state index in [0.717, 1.165) is 0 Å². The summed E-state index contributed by atoms with van der Waals surface area (Å²) in [6.45, 7) is 5.55. The van der Waals surface area contributed by atoms with Gasteiger partial charge in [0.15, 0.2) is 17.5 Å². The van der Waals surface area contributed by atoms with Gasteiger partial charge in [-0.1, -0.05) is 13.8 Å². The van der Waals surface area contributed by atoms with E-state index in [0.29, 0.717) is 0 Å². The fourth-order valence-corrected chi connectivity index (χ4v) is 1.88. The second-order valence-electron chi connectivity index (χ2n) is 4.64. The van der Waals surface area contributed by atoms with Crippen LogP contribution in [0.25, 0.3) is 0 Å². The molecule has 1 aliphatic rings. The van der Waals surface area contributed by atoms with E-state index >= 15 is 0 Å². The Balaban J connectivity index is 0.00000225. The zero-order valence-electron chi connectivity index (χ0n) is 9.33. The maximum absolute atomic E-state index is 11.6. The van der Waals surface area contributed by atoms with Gasteiger partial charge in [0.25, 0.3) is 0 Å². The molecule has 0 amide bonds. The summed E-state index contributed by atoms with van der Waals surface area (Å²) in [5, 5.41) is 0. The van der Waals surface area contributed by atoms with Crippen molar-refractivity contribution in [3.05, 3.63) is 0 Å². The molecule has 1 saturated carbocycles. The quantitative estimate of drug-likeness (QED) is 0.397. The Labute approximate surface area is 117 Å². The third-order valence-corrected chi connectivity index (χ3v) is 2.47. The summed E-state index contributed by atoms with van der Waals surface area (Å²) < 4.78 is 4.71. The van der Waals surface area contributed by atoms with Crippen LogP contribution >= 0.6 is 0 Å². The van der Waals surface area contributed by atoms with Crippen molar-refractivity contribution in [2.75, 3.05) is 6.61 Å². The van der Waals surface area contributed by atoms with Gasteiger partial charge in [0, 0.05) is 12.8 Å². The molecule has 0 heterocycles. The van der Waals surface area contributed by atoms with E-state index in [1.54, 1.807) is 6.92 Å². The van der Waals surface area contributed by atoms with E-state index in [1.165, 1.54) is 0 Å². The number of ether oxygens (including phenoxy) is 1. The standard InChI is InChI=1S/C11H16O4.Na.H/c1-4-15-10(14)9-7(12)5-11(2,3)6-8(9)13;;/h9H,4-6H2,1-3H3;;. The SMILES string of the molecule is CCOC(=O)C1C(=O)CC(C)(C)CC1=O.[NaH]. The van der Waals surface area contributed by atoms with E-state index in [4.69, 9.17) is 4.74 Å². The van der Waals surface area contributed by atoms with Crippen molar-refractivity contribution in [2.45, 2.75) is 33.6 Å². The van der Waals surface area contributed by atoms with Gasteiger partial charge in [-0.2, -0.15) is 0 Å². The average molecular weight is 236 g/mol. The molecular weight excluding hydrogens is 219 g/mol. The number of Topliss-reactive ketones (excluding diaryl/α,β-unsaturated/α-hetero) is 2. The van der Waals surface area contributed by atoms with E-state index in [9.17, 15) is 14.4 Å². The van der Waals surface area contributed by atoms with Crippen LogP contribution in [0.2, 0.25) is 0 Å². The normalized spacial score (nSPS) is 20.2. The third kappa shape index (κ3) is 3.68. The Kier molecular flexibility index (Phi) is 5.87. The van der Waals surface area contributed by atoms with Gasteiger partial charge < -0.3 is 4.74 Å². The summed E-state index contributed by atoms with van der Waals surface area (Å²) in [6.07, 6.45) is 0.532. The third-order valence-electron chi connectivity index (χ3n) is 2.47. The fourth-order valence-electron chi connectivity index (χ4n) is 1.88. The molecule has 0 saturated heterocycles. The van der Waals surface area contributed by atoms with Crippen molar-refractivity contribution < 1.29 is 19.1 Å². The van der Waals surface area contributed by atoms with Crippen molar-refractivity contribution in [1.29, 1.82) is 0 Å². The molecule has 0 unspecified atom stereocenters. The maximum atomic E-state index is 11.6. The summed E-state index contributed by atoms with van der Waals surface area (Å²) in [7, 11) is 0. The van der Waals surface area contributed by atoms with E-state index in [1.807, 2.05) is 13.8 Å². The molecule has 4 nitrogen and oxygen atoms in total. The number of hydrogen-bond donors (Lipinski definition) is 0. The van der Waals surface area contributed by atoms with E-state index in [2.05, 4.69) is 0 Å². The summed E-state index contributed by atoms with van der Waals surface area (Å²) in [5.74, 6) is -2.48. The number of hydrogen-bond acceptors (Lipinski definition) is 4. The molecule has 0 spiro atoms. The second kappa shape index (κ2) is 5.94. The summed E-state index contributed by atoms with van der Waals surface area (Å²) >= 11 is 0. The van der Waals surface area contributed by atoms with Gasteiger partial charge in [-0.3, -0.25) is 14.4 Å². The Morgan fingerprint density at radius 3 is 2.12 bits per heavy atom. The summed E-state index contributed by atoms with van der Waals surface area (Å²) in [6, 6.07) is 0. The number of rotatable bonds is 2. The molecule has 16 heavy (non-hydrogen) atoms. The average Bonchev–Trinajstić information content (AvgIpc) is 1.99.